The van der Waals surface area contributed by atoms with Crippen LogP contribution in [0.4, 0.5) is 5.69 Å². The molecule has 1 N–H and O–H groups in total. The molecule has 4 aliphatic rings. The standard InChI is InChI=1S/C32H34N2O3/c1-32(2,3)21-8-11-24(31(35)36)27(18-21)30-25-12-9-22(33-14-4-5-15-33)19-28(25)37-29-20-23(10-13-26(29)30)34-16-6-7-17-34/h8-13,18-20H,4-7,14-17H2,1-3H3/p+1/i4D2,5D2,6D2,7D2,14D2,15D2,16D2,17D2. The summed E-state index contributed by atoms with van der Waals surface area (Å²) in [5.74, 6) is -1.47. The second-order valence-corrected chi connectivity index (χ2v) is 9.77. The quantitative estimate of drug-likeness (QED) is 0.257. The lowest BCUT2D eigenvalue weighted by atomic mass is 9.82. The maximum Gasteiger partial charge on any atom is 0.336 e. The largest absolute Gasteiger partial charge is 0.478 e. The third-order valence-electron chi connectivity index (χ3n) is 6.39. The van der Waals surface area contributed by atoms with Crippen molar-refractivity contribution in [2.24, 2.45) is 0 Å². The van der Waals surface area contributed by atoms with Crippen molar-refractivity contribution in [2.45, 2.75) is 51.7 Å². The Morgan fingerprint density at radius 3 is 2.41 bits per heavy atom. The first-order chi connectivity index (χ1) is 23.8. The molecule has 0 unspecified atom stereocenters. The molecule has 3 heterocycles. The zero-order chi connectivity index (χ0) is 40.1. The average molecular weight is 512 g/mol. The van der Waals surface area contributed by atoms with E-state index in [0.717, 1.165) is 17.7 Å². The van der Waals surface area contributed by atoms with Gasteiger partial charge in [-0.2, -0.15) is 0 Å². The van der Waals surface area contributed by atoms with E-state index in [0.29, 0.717) is 9.48 Å². The Kier molecular flexibility index (Phi) is 2.90. The fourth-order valence-electron chi connectivity index (χ4n) is 4.49. The number of carboxylic acids is 1. The monoisotopic (exact) mass is 511 g/mol. The van der Waals surface area contributed by atoms with E-state index in [4.69, 9.17) is 26.3 Å². The predicted molar refractivity (Wildman–Crippen MR) is 150 cm³/mol. The van der Waals surface area contributed by atoms with Crippen LogP contribution in [0.1, 0.15) is 84.1 Å². The van der Waals surface area contributed by atoms with Gasteiger partial charge in [0.2, 0.25) is 5.36 Å². The van der Waals surface area contributed by atoms with Crippen LogP contribution in [-0.2, 0) is 5.41 Å². The van der Waals surface area contributed by atoms with Gasteiger partial charge in [0, 0.05) is 76.5 Å². The summed E-state index contributed by atoms with van der Waals surface area (Å²) in [7, 11) is 0. The Bertz CT molecular complexity index is 2200. The molecule has 5 nitrogen and oxygen atoms in total. The second kappa shape index (κ2) is 9.05. The molecule has 37 heavy (non-hydrogen) atoms. The van der Waals surface area contributed by atoms with Crippen LogP contribution in [0.5, 0.6) is 0 Å². The summed E-state index contributed by atoms with van der Waals surface area (Å²) in [6, 6.07) is 12.1. The molecular formula is C32H35N2O3+. The number of hydrogen-bond acceptors (Lipinski definition) is 3. The zero-order valence-corrected chi connectivity index (χ0v) is 20.4. The highest BCUT2D eigenvalue weighted by Gasteiger charge is 2.26. The molecule has 2 aromatic carbocycles. The molecule has 0 spiro atoms. The molecule has 0 atom stereocenters. The molecule has 2 saturated heterocycles. The van der Waals surface area contributed by atoms with Crippen molar-refractivity contribution in [3.05, 3.63) is 71.1 Å². The third-order valence-corrected chi connectivity index (χ3v) is 6.39. The normalized spacial score (nSPS) is 33.6. The maximum atomic E-state index is 12.7. The van der Waals surface area contributed by atoms with E-state index in [1.807, 2.05) is 20.8 Å². The summed E-state index contributed by atoms with van der Waals surface area (Å²) in [5.41, 5.74) is 0.173. The molecule has 5 heteroatoms. The van der Waals surface area contributed by atoms with Gasteiger partial charge in [0.05, 0.1) is 11.6 Å². The third kappa shape index (κ3) is 4.30. The number of carbonyl (C=O) groups is 1. The fourth-order valence-corrected chi connectivity index (χ4v) is 4.49. The number of carboxylic acid groups (broad SMARTS) is 1. The van der Waals surface area contributed by atoms with Crippen molar-refractivity contribution < 1.29 is 36.3 Å². The van der Waals surface area contributed by atoms with E-state index >= 15 is 0 Å². The molecule has 6 rings (SSSR count). The number of benzene rings is 3. The van der Waals surface area contributed by atoms with Gasteiger partial charge in [-0.3, -0.25) is 0 Å². The molecule has 0 radical (unpaired) electrons. The van der Waals surface area contributed by atoms with E-state index in [1.54, 1.807) is 12.1 Å². The van der Waals surface area contributed by atoms with Crippen molar-refractivity contribution in [3.8, 4) is 22.5 Å². The van der Waals surface area contributed by atoms with Crippen molar-refractivity contribution >= 4 is 22.6 Å². The van der Waals surface area contributed by atoms with Gasteiger partial charge in [0.15, 0.2) is 0 Å². The summed E-state index contributed by atoms with van der Waals surface area (Å²) in [6.07, 6.45) is -13.4. The van der Waals surface area contributed by atoms with Crippen LogP contribution >= 0.6 is 0 Å². The fraction of sp³-hybridized carbons (Fsp3) is 0.375. The number of nitrogens with zero attached hydrogens (tertiary/aromatic N) is 2. The zero-order valence-electron chi connectivity index (χ0n) is 36.4. The number of anilines is 1. The van der Waals surface area contributed by atoms with Crippen LogP contribution in [-0.4, -0.2) is 37.1 Å². The Labute approximate surface area is 240 Å². The van der Waals surface area contributed by atoms with Gasteiger partial charge in [-0.25, -0.2) is 9.37 Å². The highest BCUT2D eigenvalue weighted by atomic mass is 16.4. The molecular weight excluding hydrogens is 460 g/mol. The molecule has 2 fully saturated rings. The Hall–Kier alpha value is -3.60. The smallest absolute Gasteiger partial charge is 0.336 e. The van der Waals surface area contributed by atoms with Gasteiger partial charge in [0.1, 0.15) is 29.8 Å². The summed E-state index contributed by atoms with van der Waals surface area (Å²) >= 11 is 0. The highest BCUT2D eigenvalue weighted by Crippen LogP contribution is 2.43. The lowest BCUT2D eigenvalue weighted by molar-refractivity contribution is 0.0697. The number of hydrogen-bond donors (Lipinski definition) is 1. The molecule has 0 aromatic heterocycles. The highest BCUT2D eigenvalue weighted by molar-refractivity contribution is 6.08. The van der Waals surface area contributed by atoms with Crippen molar-refractivity contribution in [3.63, 3.8) is 0 Å². The first-order valence-electron chi connectivity index (χ1n) is 19.6. The number of rotatable bonds is 3. The summed E-state index contributed by atoms with van der Waals surface area (Å²) in [6.45, 7) is -7.26. The Morgan fingerprint density at radius 1 is 0.946 bits per heavy atom. The van der Waals surface area contributed by atoms with E-state index in [-0.39, 0.29) is 50.0 Å². The molecule has 3 aliphatic heterocycles. The Morgan fingerprint density at radius 2 is 1.70 bits per heavy atom. The average Bonchev–Trinajstić information content (AvgIpc) is 3.13. The number of fused-ring (bicyclic) bond motifs is 2. The van der Waals surface area contributed by atoms with Crippen LogP contribution in [0.25, 0.3) is 33.4 Å². The number of aromatic carboxylic acids is 1. The van der Waals surface area contributed by atoms with Gasteiger partial charge in [-0.1, -0.05) is 26.8 Å². The molecule has 1 aliphatic carbocycles. The minimum absolute atomic E-state index is 0.151. The van der Waals surface area contributed by atoms with Crippen molar-refractivity contribution in [1.29, 1.82) is 0 Å². The van der Waals surface area contributed by atoms with E-state index in [1.165, 1.54) is 30.3 Å². The lowest BCUT2D eigenvalue weighted by Gasteiger charge is -2.23. The van der Waals surface area contributed by atoms with Gasteiger partial charge < -0.3 is 14.4 Å². The van der Waals surface area contributed by atoms with E-state index in [2.05, 4.69) is 0 Å². The van der Waals surface area contributed by atoms with Gasteiger partial charge in [-0.15, -0.1) is 0 Å². The molecule has 190 valence electrons. The van der Waals surface area contributed by atoms with Crippen LogP contribution in [0.3, 0.4) is 0 Å². The minimum atomic E-state index is -3.35. The first-order valence-corrected chi connectivity index (χ1v) is 11.6. The lowest BCUT2D eigenvalue weighted by Crippen LogP contribution is -2.26. The summed E-state index contributed by atoms with van der Waals surface area (Å²) in [5, 5.41) is 10.2. The SMILES string of the molecule is [2H]C1([2H])N(c2ccc3c(-c4cc(C(C)(C)C)ccc4C(=O)O)c4ccc(=[N+]5C([2H])([2H])C([2H])([2H])C([2H])([2H])C5([2H])[2H])cc-4oc3c2)C([2H])([2H])C([2H])([2H])C1([2H])[2H]. The van der Waals surface area contributed by atoms with Crippen molar-refractivity contribution in [1.82, 2.24) is 4.58 Å². The van der Waals surface area contributed by atoms with E-state index < -0.39 is 62.9 Å². The van der Waals surface area contributed by atoms with Crippen LogP contribution in [0, 0.1) is 0 Å². The molecule has 0 bridgehead atoms. The van der Waals surface area contributed by atoms with Gasteiger partial charge in [-0.05, 0) is 59.6 Å². The van der Waals surface area contributed by atoms with Gasteiger partial charge >= 0.3 is 5.97 Å². The summed E-state index contributed by atoms with van der Waals surface area (Å²) < 4.78 is 141. The van der Waals surface area contributed by atoms with Crippen molar-refractivity contribution in [2.75, 3.05) is 30.9 Å². The topological polar surface area (TPSA) is 56.7 Å². The predicted octanol–water partition coefficient (Wildman–Crippen LogP) is 6.37. The van der Waals surface area contributed by atoms with Crippen LogP contribution in [0.2, 0.25) is 0 Å². The first kappa shape index (κ1) is 11.8. The minimum Gasteiger partial charge on any atom is -0.478 e. The molecule has 2 aromatic rings. The molecule has 0 saturated carbocycles. The van der Waals surface area contributed by atoms with Crippen LogP contribution in [0.15, 0.2) is 59.0 Å². The summed E-state index contributed by atoms with van der Waals surface area (Å²) in [4.78, 5) is 13.0. The Balaban J connectivity index is 1.78. The molecule has 0 amide bonds. The second-order valence-electron chi connectivity index (χ2n) is 9.77. The van der Waals surface area contributed by atoms with Gasteiger partial charge in [0.25, 0.3) is 0 Å². The van der Waals surface area contributed by atoms with Crippen LogP contribution < -0.4 is 14.8 Å². The van der Waals surface area contributed by atoms with E-state index in [9.17, 15) is 9.90 Å². The maximum absolute atomic E-state index is 12.7.